The number of hydrogen-bond acceptors (Lipinski definition) is 6. The number of carbonyl (C=O) groups is 1. The van der Waals surface area contributed by atoms with E-state index >= 15 is 0 Å². The monoisotopic (exact) mass is 284 g/mol. The molecule has 0 aromatic heterocycles. The second-order valence-corrected chi connectivity index (χ2v) is 6.36. The summed E-state index contributed by atoms with van der Waals surface area (Å²) in [4.78, 5) is 18.0. The van der Waals surface area contributed by atoms with Gasteiger partial charge in [0.05, 0.1) is 12.1 Å². The molecule has 0 amide bonds. The zero-order valence-corrected chi connectivity index (χ0v) is 12.0. The zero-order chi connectivity index (χ0) is 13.2. The molecule has 5 nitrogen and oxygen atoms in total. The predicted octanol–water partition coefficient (Wildman–Crippen LogP) is 1.62. The van der Waals surface area contributed by atoms with E-state index in [0.29, 0.717) is 6.61 Å². The normalized spacial score (nSPS) is 34.1. The van der Waals surface area contributed by atoms with E-state index < -0.39 is 0 Å². The number of aliphatic imine (C=N–C) groups is 1. The van der Waals surface area contributed by atoms with E-state index in [9.17, 15) is 4.79 Å². The molecule has 0 aliphatic carbocycles. The van der Waals surface area contributed by atoms with Crippen LogP contribution in [0.2, 0.25) is 0 Å². The first-order chi connectivity index (χ1) is 9.22. The lowest BCUT2D eigenvalue weighted by atomic mass is 10.1. The van der Waals surface area contributed by atoms with Gasteiger partial charge in [0.25, 0.3) is 0 Å². The number of rotatable bonds is 2. The van der Waals surface area contributed by atoms with Crippen molar-refractivity contribution in [1.82, 2.24) is 4.90 Å². The third kappa shape index (κ3) is 3.05. The van der Waals surface area contributed by atoms with Crippen molar-refractivity contribution in [2.75, 3.05) is 19.7 Å². The summed E-state index contributed by atoms with van der Waals surface area (Å²) in [6, 6.07) is 0.286. The van der Waals surface area contributed by atoms with Crippen LogP contribution in [0.15, 0.2) is 4.99 Å². The van der Waals surface area contributed by atoms with Crippen LogP contribution in [-0.2, 0) is 14.3 Å². The van der Waals surface area contributed by atoms with Gasteiger partial charge in [-0.3, -0.25) is 9.79 Å². The summed E-state index contributed by atoms with van der Waals surface area (Å²) >= 11 is 1.74. The van der Waals surface area contributed by atoms with Crippen LogP contribution in [0.5, 0.6) is 0 Å². The lowest BCUT2D eigenvalue weighted by Crippen LogP contribution is -2.36. The molecule has 0 unspecified atom stereocenters. The topological polar surface area (TPSA) is 51.1 Å². The summed E-state index contributed by atoms with van der Waals surface area (Å²) in [5, 5.41) is 1.15. The van der Waals surface area contributed by atoms with E-state index in [1.165, 1.54) is 19.8 Å². The summed E-state index contributed by atoms with van der Waals surface area (Å²) < 4.78 is 11.0. The first kappa shape index (κ1) is 13.2. The minimum Gasteiger partial charge on any atom is -0.463 e. The smallest absolute Gasteiger partial charge is 0.302 e. The van der Waals surface area contributed by atoms with E-state index in [4.69, 9.17) is 14.5 Å². The Morgan fingerprint density at radius 2 is 2.26 bits per heavy atom. The van der Waals surface area contributed by atoms with Crippen LogP contribution < -0.4 is 0 Å². The molecule has 0 bridgehead atoms. The van der Waals surface area contributed by atoms with Gasteiger partial charge in [-0.05, 0) is 25.7 Å². The summed E-state index contributed by atoms with van der Waals surface area (Å²) in [7, 11) is 0. The number of ether oxygens (including phenoxy) is 2. The molecule has 2 fully saturated rings. The van der Waals surface area contributed by atoms with Crippen LogP contribution in [0.3, 0.4) is 0 Å². The Morgan fingerprint density at radius 1 is 1.47 bits per heavy atom. The maximum absolute atomic E-state index is 10.8. The number of esters is 1. The van der Waals surface area contributed by atoms with Crippen molar-refractivity contribution in [2.45, 2.75) is 50.2 Å². The van der Waals surface area contributed by atoms with Crippen molar-refractivity contribution in [3.63, 3.8) is 0 Å². The fourth-order valence-electron chi connectivity index (χ4n) is 2.75. The Hall–Kier alpha value is -0.750. The molecule has 3 aliphatic rings. The molecule has 0 saturated carbocycles. The van der Waals surface area contributed by atoms with E-state index in [2.05, 4.69) is 4.90 Å². The summed E-state index contributed by atoms with van der Waals surface area (Å²) in [5.74, 6) is -0.237. The van der Waals surface area contributed by atoms with Gasteiger partial charge >= 0.3 is 5.97 Å². The van der Waals surface area contributed by atoms with Gasteiger partial charge in [-0.2, -0.15) is 0 Å². The number of amidine groups is 1. The Labute approximate surface area is 117 Å². The molecule has 3 heterocycles. The number of thioether (sulfide) groups is 1. The molecular weight excluding hydrogens is 264 g/mol. The van der Waals surface area contributed by atoms with E-state index in [0.717, 1.165) is 31.1 Å². The molecule has 0 aromatic carbocycles. The molecule has 106 valence electrons. The molecule has 0 radical (unpaired) electrons. The highest BCUT2D eigenvalue weighted by Crippen LogP contribution is 2.37. The summed E-state index contributed by atoms with van der Waals surface area (Å²) in [6.45, 7) is 4.06. The fraction of sp³-hybridized carbons (Fsp3) is 0.846. The van der Waals surface area contributed by atoms with Crippen molar-refractivity contribution < 1.29 is 14.3 Å². The SMILES string of the molecule is CC(=O)OC[C@H]1CC[C@H]2N=C(N3CCCC3)S[C@H]2O1. The molecular formula is C13H20N2O3S. The number of fused-ring (bicyclic) bond motifs is 1. The van der Waals surface area contributed by atoms with Crippen molar-refractivity contribution in [3.8, 4) is 0 Å². The van der Waals surface area contributed by atoms with E-state index in [1.54, 1.807) is 11.8 Å². The first-order valence-electron chi connectivity index (χ1n) is 7.00. The Balaban J connectivity index is 1.53. The van der Waals surface area contributed by atoms with Crippen LogP contribution in [0.1, 0.15) is 32.6 Å². The number of likely N-dealkylation sites (tertiary alicyclic amines) is 1. The number of nitrogens with zero attached hydrogens (tertiary/aromatic N) is 2. The Morgan fingerprint density at radius 3 is 3.00 bits per heavy atom. The molecule has 2 saturated heterocycles. The third-order valence-corrected chi connectivity index (χ3v) is 5.00. The van der Waals surface area contributed by atoms with Gasteiger partial charge in [0.2, 0.25) is 0 Å². The standard InChI is InChI=1S/C13H20N2O3S/c1-9(16)17-8-10-4-5-11-12(18-10)19-13(14-11)15-6-2-3-7-15/h10-12H,2-8H2,1H3/t10-,11-,12-/m1/s1. The minimum atomic E-state index is -0.237. The average Bonchev–Trinajstić information content (AvgIpc) is 3.04. The Bertz CT molecular complexity index is 382. The largest absolute Gasteiger partial charge is 0.463 e. The van der Waals surface area contributed by atoms with Crippen molar-refractivity contribution in [2.24, 2.45) is 4.99 Å². The second kappa shape index (κ2) is 5.71. The minimum absolute atomic E-state index is 0.0331. The molecule has 0 spiro atoms. The van der Waals surface area contributed by atoms with Gasteiger partial charge in [-0.15, -0.1) is 0 Å². The fourth-order valence-corrected chi connectivity index (χ4v) is 4.05. The zero-order valence-electron chi connectivity index (χ0n) is 11.2. The highest BCUT2D eigenvalue weighted by atomic mass is 32.2. The van der Waals surface area contributed by atoms with Crippen LogP contribution in [0.25, 0.3) is 0 Å². The highest BCUT2D eigenvalue weighted by Gasteiger charge is 2.39. The van der Waals surface area contributed by atoms with Crippen molar-refractivity contribution in [3.05, 3.63) is 0 Å². The van der Waals surface area contributed by atoms with Gasteiger partial charge in [0.15, 0.2) is 5.17 Å². The molecule has 0 N–H and O–H groups in total. The van der Waals surface area contributed by atoms with Crippen LogP contribution in [-0.4, -0.2) is 53.3 Å². The molecule has 3 atom stereocenters. The molecule has 6 heteroatoms. The maximum Gasteiger partial charge on any atom is 0.302 e. The van der Waals surface area contributed by atoms with Gasteiger partial charge in [-0.1, -0.05) is 11.8 Å². The number of hydrogen-bond donors (Lipinski definition) is 0. The molecule has 0 aromatic rings. The summed E-state index contributed by atoms with van der Waals surface area (Å²) in [5.41, 5.74) is 0.116. The van der Waals surface area contributed by atoms with E-state index in [-0.39, 0.29) is 23.6 Å². The van der Waals surface area contributed by atoms with Gasteiger partial charge in [0.1, 0.15) is 12.0 Å². The lowest BCUT2D eigenvalue weighted by molar-refractivity contribution is -0.147. The third-order valence-electron chi connectivity index (χ3n) is 3.77. The Kier molecular flexibility index (Phi) is 3.98. The van der Waals surface area contributed by atoms with Crippen LogP contribution >= 0.6 is 11.8 Å². The van der Waals surface area contributed by atoms with Gasteiger partial charge < -0.3 is 14.4 Å². The molecule has 19 heavy (non-hydrogen) atoms. The van der Waals surface area contributed by atoms with Crippen LogP contribution in [0, 0.1) is 0 Å². The second-order valence-electron chi connectivity index (χ2n) is 5.30. The van der Waals surface area contributed by atoms with E-state index in [1.807, 2.05) is 0 Å². The molecule has 3 rings (SSSR count). The lowest BCUT2D eigenvalue weighted by Gasteiger charge is -2.30. The number of carbonyl (C=O) groups excluding carboxylic acids is 1. The first-order valence-corrected chi connectivity index (χ1v) is 7.88. The quantitative estimate of drug-likeness (QED) is 0.721. The van der Waals surface area contributed by atoms with Crippen molar-refractivity contribution in [1.29, 1.82) is 0 Å². The molecule has 3 aliphatic heterocycles. The maximum atomic E-state index is 10.8. The average molecular weight is 284 g/mol. The summed E-state index contributed by atoms with van der Waals surface area (Å²) in [6.07, 6.45) is 4.52. The van der Waals surface area contributed by atoms with Gasteiger partial charge in [0, 0.05) is 20.0 Å². The predicted molar refractivity (Wildman–Crippen MR) is 74.1 cm³/mol. The van der Waals surface area contributed by atoms with Crippen molar-refractivity contribution >= 4 is 22.9 Å². The van der Waals surface area contributed by atoms with Crippen LogP contribution in [0.4, 0.5) is 0 Å². The highest BCUT2D eigenvalue weighted by molar-refractivity contribution is 8.14. The van der Waals surface area contributed by atoms with Gasteiger partial charge in [-0.25, -0.2) is 0 Å².